The van der Waals surface area contributed by atoms with Crippen molar-refractivity contribution < 1.29 is 23.8 Å². The Bertz CT molecular complexity index is 1260. The molecule has 192 valence electrons. The van der Waals surface area contributed by atoms with E-state index in [9.17, 15) is 14.3 Å². The Morgan fingerprint density at radius 2 is 1.78 bits per heavy atom. The molecule has 2 aliphatic heterocycles. The second-order valence-corrected chi connectivity index (χ2v) is 9.25. The summed E-state index contributed by atoms with van der Waals surface area (Å²) in [5.41, 5.74) is 2.17. The number of benzene rings is 2. The number of pyridine rings is 1. The van der Waals surface area contributed by atoms with Gasteiger partial charge in [0, 0.05) is 17.7 Å². The minimum atomic E-state index is -1.000. The Balaban J connectivity index is 1.31. The fourth-order valence-corrected chi connectivity index (χ4v) is 4.67. The molecule has 0 bridgehead atoms. The number of amides is 1. The van der Waals surface area contributed by atoms with Crippen LogP contribution < -0.4 is 14.8 Å². The van der Waals surface area contributed by atoms with Crippen LogP contribution >= 0.6 is 0 Å². The predicted molar refractivity (Wildman–Crippen MR) is 136 cm³/mol. The first kappa shape index (κ1) is 24.9. The second-order valence-electron chi connectivity index (χ2n) is 9.25. The van der Waals surface area contributed by atoms with Crippen LogP contribution in [-0.2, 0) is 4.79 Å². The van der Waals surface area contributed by atoms with Crippen molar-refractivity contribution in [3.05, 3.63) is 77.7 Å². The van der Waals surface area contributed by atoms with Crippen LogP contribution in [0.2, 0.25) is 0 Å². The van der Waals surface area contributed by atoms with Gasteiger partial charge in [-0.3, -0.25) is 15.2 Å². The Morgan fingerprint density at radius 3 is 2.49 bits per heavy atom. The quantitative estimate of drug-likeness (QED) is 0.406. The number of likely N-dealkylation sites (tertiary alicyclic amines) is 1. The number of fused-ring (bicyclic) bond motifs is 1. The first-order valence-electron chi connectivity index (χ1n) is 12.4. The molecule has 3 N–H and O–H groups in total. The lowest BCUT2D eigenvalue weighted by Gasteiger charge is -2.29. The Morgan fingerprint density at radius 1 is 1.05 bits per heavy atom. The number of aliphatic hydroxyl groups is 1. The number of carbonyl (C=O) groups excluding carboxylic acids is 1. The minimum Gasteiger partial charge on any atom is -0.486 e. The lowest BCUT2D eigenvalue weighted by molar-refractivity contribution is -0.116. The SMILES string of the molecule is N=C(C(=O)N[C@H](CN1CCCC1)[C@H](O)c1ccc2c(c1)OCCO2)c1ccc(-c2ccc(F)cn2)cc1. The molecule has 3 aromatic rings. The van der Waals surface area contributed by atoms with E-state index in [1.54, 1.807) is 48.5 Å². The predicted octanol–water partition coefficient (Wildman–Crippen LogP) is 3.34. The molecule has 8 nitrogen and oxygen atoms in total. The van der Waals surface area contributed by atoms with Gasteiger partial charge in [0.05, 0.1) is 17.9 Å². The Kier molecular flexibility index (Phi) is 7.43. The molecule has 1 aromatic heterocycles. The number of rotatable bonds is 8. The van der Waals surface area contributed by atoms with Gasteiger partial charge in [0.25, 0.3) is 5.91 Å². The summed E-state index contributed by atoms with van der Waals surface area (Å²) in [4.78, 5) is 19.4. The van der Waals surface area contributed by atoms with Crippen molar-refractivity contribution in [3.8, 4) is 22.8 Å². The average molecular weight is 505 g/mol. The van der Waals surface area contributed by atoms with E-state index in [4.69, 9.17) is 14.9 Å². The van der Waals surface area contributed by atoms with Gasteiger partial charge in [-0.1, -0.05) is 30.3 Å². The standard InChI is InChI=1S/C28H29FN4O4/c29-21-8-9-22(31-16-21)18-3-5-19(6-4-18)26(30)28(35)32-23(17-33-11-1-2-12-33)27(34)20-7-10-24-25(15-20)37-14-13-36-24/h3-10,15-16,23,27,30,34H,1-2,11-14,17H2,(H,32,35)/t23-,27-/m1/s1. The molecular weight excluding hydrogens is 475 g/mol. The van der Waals surface area contributed by atoms with Gasteiger partial charge in [-0.05, 0) is 55.8 Å². The summed E-state index contributed by atoms with van der Waals surface area (Å²) in [5.74, 6) is 0.204. The highest BCUT2D eigenvalue weighted by Gasteiger charge is 2.29. The summed E-state index contributed by atoms with van der Waals surface area (Å²) in [7, 11) is 0. The molecule has 1 amide bonds. The van der Waals surface area contributed by atoms with Crippen LogP contribution in [0.25, 0.3) is 11.3 Å². The van der Waals surface area contributed by atoms with Crippen molar-refractivity contribution in [2.75, 3.05) is 32.8 Å². The Hall–Kier alpha value is -3.82. The molecule has 37 heavy (non-hydrogen) atoms. The summed E-state index contributed by atoms with van der Waals surface area (Å²) in [5, 5.41) is 22.7. The maximum absolute atomic E-state index is 13.2. The molecule has 3 heterocycles. The lowest BCUT2D eigenvalue weighted by atomic mass is 9.99. The highest BCUT2D eigenvalue weighted by Crippen LogP contribution is 2.33. The summed E-state index contributed by atoms with van der Waals surface area (Å²) >= 11 is 0. The molecule has 0 saturated carbocycles. The van der Waals surface area contributed by atoms with Crippen LogP contribution in [0.3, 0.4) is 0 Å². The molecule has 0 unspecified atom stereocenters. The van der Waals surface area contributed by atoms with E-state index in [0.29, 0.717) is 48.1 Å². The van der Waals surface area contributed by atoms with E-state index in [-0.39, 0.29) is 5.71 Å². The third-order valence-electron chi connectivity index (χ3n) is 6.68. The van der Waals surface area contributed by atoms with E-state index < -0.39 is 23.9 Å². The first-order chi connectivity index (χ1) is 18.0. The summed E-state index contributed by atoms with van der Waals surface area (Å²) in [6.07, 6.45) is 2.30. The number of carbonyl (C=O) groups is 1. The number of aliphatic hydroxyl groups excluding tert-OH is 1. The van der Waals surface area contributed by atoms with E-state index in [1.165, 1.54) is 6.07 Å². The van der Waals surface area contributed by atoms with E-state index >= 15 is 0 Å². The number of nitrogens with zero attached hydrogens (tertiary/aromatic N) is 2. The van der Waals surface area contributed by atoms with E-state index in [0.717, 1.165) is 37.7 Å². The van der Waals surface area contributed by atoms with E-state index in [1.807, 2.05) is 0 Å². The molecule has 1 fully saturated rings. The van der Waals surface area contributed by atoms with Crippen LogP contribution in [-0.4, -0.2) is 65.5 Å². The first-order valence-corrected chi connectivity index (χ1v) is 12.4. The topological polar surface area (TPSA) is 108 Å². The lowest BCUT2D eigenvalue weighted by Crippen LogP contribution is -2.48. The zero-order chi connectivity index (χ0) is 25.8. The third-order valence-corrected chi connectivity index (χ3v) is 6.68. The highest BCUT2D eigenvalue weighted by atomic mass is 19.1. The molecule has 5 rings (SSSR count). The van der Waals surface area contributed by atoms with Gasteiger partial charge >= 0.3 is 0 Å². The van der Waals surface area contributed by atoms with Crippen molar-refractivity contribution in [3.63, 3.8) is 0 Å². The molecule has 0 radical (unpaired) electrons. The maximum Gasteiger partial charge on any atom is 0.270 e. The smallest absolute Gasteiger partial charge is 0.270 e. The minimum absolute atomic E-state index is 0.209. The molecule has 2 aliphatic rings. The highest BCUT2D eigenvalue weighted by molar-refractivity contribution is 6.44. The van der Waals surface area contributed by atoms with E-state index in [2.05, 4.69) is 15.2 Å². The van der Waals surface area contributed by atoms with Crippen molar-refractivity contribution in [2.24, 2.45) is 0 Å². The van der Waals surface area contributed by atoms with Gasteiger partial charge in [-0.15, -0.1) is 0 Å². The zero-order valence-electron chi connectivity index (χ0n) is 20.3. The summed E-state index contributed by atoms with van der Waals surface area (Å²) in [6, 6.07) is 14.4. The summed E-state index contributed by atoms with van der Waals surface area (Å²) in [6.45, 7) is 3.18. The molecule has 2 aromatic carbocycles. The van der Waals surface area contributed by atoms with Gasteiger partial charge in [0.15, 0.2) is 11.5 Å². The molecule has 0 spiro atoms. The van der Waals surface area contributed by atoms with Crippen LogP contribution in [0.4, 0.5) is 4.39 Å². The van der Waals surface area contributed by atoms with Crippen LogP contribution in [0.15, 0.2) is 60.8 Å². The van der Waals surface area contributed by atoms with Gasteiger partial charge in [-0.25, -0.2) is 4.39 Å². The second kappa shape index (κ2) is 11.1. The van der Waals surface area contributed by atoms with Crippen LogP contribution in [0.1, 0.15) is 30.1 Å². The largest absolute Gasteiger partial charge is 0.486 e. The molecule has 2 atom stereocenters. The monoisotopic (exact) mass is 504 g/mol. The van der Waals surface area contributed by atoms with Gasteiger partial charge in [-0.2, -0.15) is 0 Å². The van der Waals surface area contributed by atoms with Crippen LogP contribution in [0, 0.1) is 11.2 Å². The van der Waals surface area contributed by atoms with Crippen molar-refractivity contribution in [1.29, 1.82) is 5.41 Å². The zero-order valence-corrected chi connectivity index (χ0v) is 20.3. The maximum atomic E-state index is 13.2. The molecule has 9 heteroatoms. The normalized spacial score (nSPS) is 16.7. The van der Waals surface area contributed by atoms with Gasteiger partial charge < -0.3 is 24.8 Å². The third kappa shape index (κ3) is 5.79. The fourth-order valence-electron chi connectivity index (χ4n) is 4.67. The van der Waals surface area contributed by atoms with Gasteiger partial charge in [0.2, 0.25) is 0 Å². The number of halogens is 1. The van der Waals surface area contributed by atoms with Gasteiger partial charge in [0.1, 0.15) is 30.8 Å². The number of hydrogen-bond acceptors (Lipinski definition) is 7. The molecule has 0 aliphatic carbocycles. The molecular formula is C28H29FN4O4. The molecule has 1 saturated heterocycles. The Labute approximate surface area is 214 Å². The number of hydrogen-bond donors (Lipinski definition) is 3. The van der Waals surface area contributed by atoms with Crippen molar-refractivity contribution >= 4 is 11.6 Å². The fraction of sp³-hybridized carbons (Fsp3) is 0.321. The van der Waals surface area contributed by atoms with Crippen molar-refractivity contribution in [2.45, 2.75) is 25.0 Å². The van der Waals surface area contributed by atoms with Crippen LogP contribution in [0.5, 0.6) is 11.5 Å². The number of nitrogens with one attached hydrogen (secondary N) is 2. The number of ether oxygens (including phenoxy) is 2. The average Bonchev–Trinajstić information content (AvgIpc) is 3.45. The van der Waals surface area contributed by atoms with Crippen molar-refractivity contribution in [1.82, 2.24) is 15.2 Å². The number of aromatic nitrogens is 1. The summed E-state index contributed by atoms with van der Waals surface area (Å²) < 4.78 is 24.4.